The summed E-state index contributed by atoms with van der Waals surface area (Å²) in [5.41, 5.74) is 1.90. The molecule has 0 unspecified atom stereocenters. The SMILES string of the molecule is CC(C)N1CCC(Nc2nc(-c3cccnc3)nc3ccccc23)CC1. The van der Waals surface area contributed by atoms with Gasteiger partial charge in [0, 0.05) is 48.5 Å². The van der Waals surface area contributed by atoms with E-state index in [1.165, 1.54) is 0 Å². The molecule has 5 nitrogen and oxygen atoms in total. The number of likely N-dealkylation sites (tertiary alicyclic amines) is 1. The molecule has 5 heteroatoms. The fourth-order valence-electron chi connectivity index (χ4n) is 3.56. The molecule has 1 saturated heterocycles. The average molecular weight is 347 g/mol. The monoisotopic (exact) mass is 347 g/mol. The molecular weight excluding hydrogens is 322 g/mol. The van der Waals surface area contributed by atoms with Crippen molar-refractivity contribution in [2.75, 3.05) is 18.4 Å². The van der Waals surface area contributed by atoms with Crippen molar-refractivity contribution in [1.29, 1.82) is 0 Å². The van der Waals surface area contributed by atoms with Gasteiger partial charge in [-0.05, 0) is 51.0 Å². The first-order chi connectivity index (χ1) is 12.7. The van der Waals surface area contributed by atoms with Crippen molar-refractivity contribution >= 4 is 16.7 Å². The Labute approximate surface area is 154 Å². The van der Waals surface area contributed by atoms with Gasteiger partial charge in [0.1, 0.15) is 5.82 Å². The van der Waals surface area contributed by atoms with Crippen molar-refractivity contribution in [1.82, 2.24) is 19.9 Å². The largest absolute Gasteiger partial charge is 0.367 e. The Morgan fingerprint density at radius 3 is 2.58 bits per heavy atom. The minimum atomic E-state index is 0.449. The molecule has 2 aromatic heterocycles. The van der Waals surface area contributed by atoms with Gasteiger partial charge in [0.25, 0.3) is 0 Å². The number of anilines is 1. The summed E-state index contributed by atoms with van der Waals surface area (Å²) < 4.78 is 0. The maximum atomic E-state index is 4.84. The lowest BCUT2D eigenvalue weighted by atomic mass is 10.0. The lowest BCUT2D eigenvalue weighted by Crippen LogP contribution is -2.42. The van der Waals surface area contributed by atoms with Gasteiger partial charge in [-0.15, -0.1) is 0 Å². The van der Waals surface area contributed by atoms with E-state index in [4.69, 9.17) is 9.97 Å². The Morgan fingerprint density at radius 2 is 1.85 bits per heavy atom. The standard InChI is InChI=1S/C21H25N5/c1-15(2)26-12-9-17(10-13-26)23-21-18-7-3-4-8-19(18)24-20(25-21)16-6-5-11-22-14-16/h3-8,11,14-15,17H,9-10,12-13H2,1-2H3,(H,23,24,25). The second-order valence-electron chi connectivity index (χ2n) is 7.20. The molecule has 26 heavy (non-hydrogen) atoms. The fraction of sp³-hybridized carbons (Fsp3) is 0.381. The van der Waals surface area contributed by atoms with Crippen LogP contribution in [-0.2, 0) is 0 Å². The van der Waals surface area contributed by atoms with Crippen LogP contribution in [0, 0.1) is 0 Å². The minimum Gasteiger partial charge on any atom is -0.367 e. The van der Waals surface area contributed by atoms with E-state index in [1.54, 1.807) is 6.20 Å². The predicted molar refractivity (Wildman–Crippen MR) is 106 cm³/mol. The Kier molecular flexibility index (Phi) is 4.80. The molecule has 0 atom stereocenters. The minimum absolute atomic E-state index is 0.449. The number of para-hydroxylation sites is 1. The maximum absolute atomic E-state index is 4.84. The predicted octanol–water partition coefficient (Wildman–Crippen LogP) is 3.98. The first kappa shape index (κ1) is 16.9. The number of nitrogens with zero attached hydrogens (tertiary/aromatic N) is 4. The van der Waals surface area contributed by atoms with Crippen molar-refractivity contribution in [2.45, 2.75) is 38.8 Å². The summed E-state index contributed by atoms with van der Waals surface area (Å²) in [5.74, 6) is 1.65. The maximum Gasteiger partial charge on any atom is 0.163 e. The van der Waals surface area contributed by atoms with E-state index in [0.717, 1.165) is 54.0 Å². The molecule has 0 radical (unpaired) electrons. The van der Waals surface area contributed by atoms with Gasteiger partial charge in [-0.1, -0.05) is 12.1 Å². The second-order valence-corrected chi connectivity index (χ2v) is 7.20. The van der Waals surface area contributed by atoms with Crippen LogP contribution in [0.3, 0.4) is 0 Å². The number of nitrogens with one attached hydrogen (secondary N) is 1. The molecular formula is C21H25N5. The van der Waals surface area contributed by atoms with Gasteiger partial charge in [-0.3, -0.25) is 4.98 Å². The molecule has 1 fully saturated rings. The van der Waals surface area contributed by atoms with Crippen molar-refractivity contribution in [3.8, 4) is 11.4 Å². The van der Waals surface area contributed by atoms with E-state index in [2.05, 4.69) is 35.1 Å². The second kappa shape index (κ2) is 7.38. The highest BCUT2D eigenvalue weighted by Crippen LogP contribution is 2.26. The lowest BCUT2D eigenvalue weighted by molar-refractivity contribution is 0.177. The van der Waals surface area contributed by atoms with E-state index in [0.29, 0.717) is 12.1 Å². The van der Waals surface area contributed by atoms with Crippen molar-refractivity contribution < 1.29 is 0 Å². The van der Waals surface area contributed by atoms with Crippen LogP contribution in [-0.4, -0.2) is 45.0 Å². The van der Waals surface area contributed by atoms with Gasteiger partial charge in [0.05, 0.1) is 5.52 Å². The van der Waals surface area contributed by atoms with Crippen LogP contribution >= 0.6 is 0 Å². The number of hydrogen-bond donors (Lipinski definition) is 1. The highest BCUT2D eigenvalue weighted by atomic mass is 15.2. The summed E-state index contributed by atoms with van der Waals surface area (Å²) in [6.07, 6.45) is 5.86. The Balaban J connectivity index is 1.64. The van der Waals surface area contributed by atoms with Crippen LogP contribution in [0.15, 0.2) is 48.8 Å². The average Bonchev–Trinajstić information content (AvgIpc) is 2.69. The van der Waals surface area contributed by atoms with E-state index in [-0.39, 0.29) is 0 Å². The first-order valence-corrected chi connectivity index (χ1v) is 9.38. The molecule has 3 heterocycles. The molecule has 134 valence electrons. The molecule has 1 aliphatic heterocycles. The van der Waals surface area contributed by atoms with Crippen LogP contribution in [0.5, 0.6) is 0 Å². The van der Waals surface area contributed by atoms with E-state index >= 15 is 0 Å². The van der Waals surface area contributed by atoms with Crippen molar-refractivity contribution in [3.63, 3.8) is 0 Å². The number of hydrogen-bond acceptors (Lipinski definition) is 5. The van der Waals surface area contributed by atoms with Crippen LogP contribution in [0.1, 0.15) is 26.7 Å². The molecule has 1 N–H and O–H groups in total. The van der Waals surface area contributed by atoms with Crippen LogP contribution in [0.4, 0.5) is 5.82 Å². The smallest absolute Gasteiger partial charge is 0.163 e. The zero-order valence-electron chi connectivity index (χ0n) is 15.4. The van der Waals surface area contributed by atoms with Gasteiger partial charge < -0.3 is 10.2 Å². The zero-order chi connectivity index (χ0) is 17.9. The molecule has 0 amide bonds. The summed E-state index contributed by atoms with van der Waals surface area (Å²) in [7, 11) is 0. The molecule has 3 aromatic rings. The highest BCUT2D eigenvalue weighted by Gasteiger charge is 2.22. The third-order valence-corrected chi connectivity index (χ3v) is 5.12. The Morgan fingerprint density at radius 1 is 1.04 bits per heavy atom. The molecule has 0 bridgehead atoms. The van der Waals surface area contributed by atoms with E-state index in [9.17, 15) is 0 Å². The van der Waals surface area contributed by atoms with Crippen LogP contribution in [0.25, 0.3) is 22.3 Å². The number of fused-ring (bicyclic) bond motifs is 1. The van der Waals surface area contributed by atoms with Gasteiger partial charge >= 0.3 is 0 Å². The zero-order valence-corrected chi connectivity index (χ0v) is 15.4. The van der Waals surface area contributed by atoms with Crippen LogP contribution < -0.4 is 5.32 Å². The van der Waals surface area contributed by atoms with Crippen LogP contribution in [0.2, 0.25) is 0 Å². The number of benzene rings is 1. The topological polar surface area (TPSA) is 53.9 Å². The Hall–Kier alpha value is -2.53. The normalized spacial score (nSPS) is 16.3. The third-order valence-electron chi connectivity index (χ3n) is 5.12. The number of aromatic nitrogens is 3. The Bertz CT molecular complexity index is 870. The molecule has 1 aliphatic rings. The molecule has 1 aromatic carbocycles. The van der Waals surface area contributed by atoms with Crippen molar-refractivity contribution in [3.05, 3.63) is 48.8 Å². The van der Waals surface area contributed by atoms with Gasteiger partial charge in [-0.2, -0.15) is 0 Å². The quantitative estimate of drug-likeness (QED) is 0.774. The summed E-state index contributed by atoms with van der Waals surface area (Å²) in [6.45, 7) is 6.80. The third kappa shape index (κ3) is 3.53. The fourth-order valence-corrected chi connectivity index (χ4v) is 3.56. The summed E-state index contributed by atoms with van der Waals surface area (Å²) in [6, 6.07) is 13.2. The highest BCUT2D eigenvalue weighted by molar-refractivity contribution is 5.90. The van der Waals surface area contributed by atoms with Gasteiger partial charge in [0.15, 0.2) is 5.82 Å². The van der Waals surface area contributed by atoms with E-state index < -0.39 is 0 Å². The van der Waals surface area contributed by atoms with E-state index in [1.807, 2.05) is 36.5 Å². The molecule has 0 aliphatic carbocycles. The summed E-state index contributed by atoms with van der Waals surface area (Å²) in [5, 5.41) is 4.77. The number of pyridine rings is 1. The van der Waals surface area contributed by atoms with Gasteiger partial charge in [0.2, 0.25) is 0 Å². The van der Waals surface area contributed by atoms with Gasteiger partial charge in [-0.25, -0.2) is 9.97 Å². The first-order valence-electron chi connectivity index (χ1n) is 9.38. The summed E-state index contributed by atoms with van der Waals surface area (Å²) >= 11 is 0. The molecule has 0 spiro atoms. The lowest BCUT2D eigenvalue weighted by Gasteiger charge is -2.35. The number of rotatable bonds is 4. The summed E-state index contributed by atoms with van der Waals surface area (Å²) in [4.78, 5) is 16.3. The number of piperidine rings is 1. The molecule has 4 rings (SSSR count). The van der Waals surface area contributed by atoms with Crippen molar-refractivity contribution in [2.24, 2.45) is 0 Å². The molecule has 0 saturated carbocycles.